The summed E-state index contributed by atoms with van der Waals surface area (Å²) in [5.41, 5.74) is 2.05. The average Bonchev–Trinajstić information content (AvgIpc) is 2.30. The summed E-state index contributed by atoms with van der Waals surface area (Å²) in [6, 6.07) is 0. The number of ether oxygens (including phenoxy) is 2. The highest BCUT2D eigenvalue weighted by Crippen LogP contribution is 1.89. The van der Waals surface area contributed by atoms with Crippen LogP contribution in [-0.2, 0) is 19.1 Å². The Morgan fingerprint density at radius 3 is 2.35 bits per heavy atom. The maximum atomic E-state index is 10.7. The molecule has 0 unspecified atom stereocenters. The molecule has 7 nitrogen and oxygen atoms in total. The maximum Gasteiger partial charge on any atom is 0.233 e. The van der Waals surface area contributed by atoms with Crippen molar-refractivity contribution in [1.82, 2.24) is 10.7 Å². The zero-order chi connectivity index (χ0) is 12.9. The Morgan fingerprint density at radius 1 is 1.12 bits per heavy atom. The molecule has 0 aromatic carbocycles. The topological polar surface area (TPSA) is 103 Å². The average molecular weight is 247 g/mol. The molecule has 0 heterocycles. The molecule has 0 atom stereocenters. The molecule has 0 aromatic rings. The number of carbonyl (C=O) groups is 2. The fraction of sp³-hybridized carbons (Fsp3) is 0.800. The van der Waals surface area contributed by atoms with Crippen LogP contribution in [0, 0.1) is 0 Å². The van der Waals surface area contributed by atoms with Gasteiger partial charge in [0.25, 0.3) is 0 Å². The second-order valence-corrected chi connectivity index (χ2v) is 3.38. The predicted molar refractivity (Wildman–Crippen MR) is 61.9 cm³/mol. The van der Waals surface area contributed by atoms with Crippen LogP contribution in [0.2, 0.25) is 0 Å². The van der Waals surface area contributed by atoms with Gasteiger partial charge in [0.15, 0.2) is 0 Å². The number of rotatable bonds is 10. The summed E-state index contributed by atoms with van der Waals surface area (Å²) in [5.74, 6) is 4.65. The molecule has 7 heteroatoms. The van der Waals surface area contributed by atoms with Crippen molar-refractivity contribution in [3.8, 4) is 0 Å². The van der Waals surface area contributed by atoms with Crippen LogP contribution in [0.1, 0.15) is 19.8 Å². The molecule has 0 fully saturated rings. The van der Waals surface area contributed by atoms with Crippen LogP contribution in [0.15, 0.2) is 0 Å². The highest BCUT2D eigenvalue weighted by Gasteiger charge is 1.97. The first-order valence-electron chi connectivity index (χ1n) is 5.56. The third-order valence-electron chi connectivity index (χ3n) is 1.85. The highest BCUT2D eigenvalue weighted by atomic mass is 16.5. The minimum absolute atomic E-state index is 0.0666. The summed E-state index contributed by atoms with van der Waals surface area (Å²) >= 11 is 0. The molecule has 0 aliphatic heterocycles. The normalized spacial score (nSPS) is 10.0. The lowest BCUT2D eigenvalue weighted by Gasteiger charge is -2.06. The van der Waals surface area contributed by atoms with Crippen molar-refractivity contribution in [2.45, 2.75) is 19.8 Å². The third kappa shape index (κ3) is 12.8. The Morgan fingerprint density at radius 2 is 1.76 bits per heavy atom. The second-order valence-electron chi connectivity index (χ2n) is 3.38. The number of nitrogens with one attached hydrogen (secondary N) is 2. The van der Waals surface area contributed by atoms with Gasteiger partial charge in [0.1, 0.15) is 0 Å². The first-order valence-corrected chi connectivity index (χ1v) is 5.56. The molecule has 0 aliphatic carbocycles. The standard InChI is InChI=1S/C10H21N3O4/c1-9(14)12-4-6-17-8-7-16-5-2-3-10(15)13-11/h2-8,11H2,1H3,(H,12,14)(H,13,15). The lowest BCUT2D eigenvalue weighted by molar-refractivity contribution is -0.121. The first kappa shape index (κ1) is 15.8. The summed E-state index contributed by atoms with van der Waals surface area (Å²) in [7, 11) is 0. The Labute approximate surface area is 101 Å². The van der Waals surface area contributed by atoms with E-state index in [1.54, 1.807) is 0 Å². The van der Waals surface area contributed by atoms with Gasteiger partial charge in [-0.15, -0.1) is 0 Å². The van der Waals surface area contributed by atoms with Crippen molar-refractivity contribution in [2.24, 2.45) is 5.84 Å². The lowest BCUT2D eigenvalue weighted by Crippen LogP contribution is -2.29. The minimum atomic E-state index is -0.194. The smallest absolute Gasteiger partial charge is 0.233 e. The molecular weight excluding hydrogens is 226 g/mol. The fourth-order valence-corrected chi connectivity index (χ4v) is 1.03. The molecule has 0 aromatic heterocycles. The van der Waals surface area contributed by atoms with Gasteiger partial charge in [0.2, 0.25) is 11.8 Å². The number of hydrogen-bond donors (Lipinski definition) is 3. The van der Waals surface area contributed by atoms with E-state index >= 15 is 0 Å². The fourth-order valence-electron chi connectivity index (χ4n) is 1.03. The summed E-state index contributed by atoms with van der Waals surface area (Å²) in [4.78, 5) is 21.2. The number of hydrogen-bond acceptors (Lipinski definition) is 5. The Kier molecular flexibility index (Phi) is 10.5. The molecular formula is C10H21N3O4. The largest absolute Gasteiger partial charge is 0.379 e. The van der Waals surface area contributed by atoms with E-state index in [-0.39, 0.29) is 11.8 Å². The number of hydrazine groups is 1. The Balaban J connectivity index is 3.03. The summed E-state index contributed by atoms with van der Waals surface area (Å²) in [6.45, 7) is 3.89. The summed E-state index contributed by atoms with van der Waals surface area (Å²) < 4.78 is 10.4. The quantitative estimate of drug-likeness (QED) is 0.197. The van der Waals surface area contributed by atoms with E-state index < -0.39 is 0 Å². The van der Waals surface area contributed by atoms with E-state index in [2.05, 4.69) is 5.32 Å². The van der Waals surface area contributed by atoms with Gasteiger partial charge in [0.05, 0.1) is 19.8 Å². The van der Waals surface area contributed by atoms with E-state index in [9.17, 15) is 9.59 Å². The van der Waals surface area contributed by atoms with Crippen LogP contribution < -0.4 is 16.6 Å². The zero-order valence-electron chi connectivity index (χ0n) is 10.2. The van der Waals surface area contributed by atoms with Gasteiger partial charge in [0, 0.05) is 26.5 Å². The molecule has 0 aliphatic rings. The van der Waals surface area contributed by atoms with Gasteiger partial charge in [-0.3, -0.25) is 15.0 Å². The van der Waals surface area contributed by atoms with Gasteiger partial charge < -0.3 is 14.8 Å². The molecule has 0 radical (unpaired) electrons. The molecule has 0 bridgehead atoms. The highest BCUT2D eigenvalue weighted by molar-refractivity contribution is 5.75. The van der Waals surface area contributed by atoms with Crippen LogP contribution in [0.3, 0.4) is 0 Å². The summed E-state index contributed by atoms with van der Waals surface area (Å²) in [5, 5.41) is 2.61. The van der Waals surface area contributed by atoms with Gasteiger partial charge >= 0.3 is 0 Å². The molecule has 0 saturated carbocycles. The Bertz CT molecular complexity index is 224. The van der Waals surface area contributed by atoms with Crippen molar-refractivity contribution in [2.75, 3.05) is 33.0 Å². The monoisotopic (exact) mass is 247 g/mol. The van der Waals surface area contributed by atoms with Crippen LogP contribution in [-0.4, -0.2) is 44.8 Å². The first-order chi connectivity index (χ1) is 8.16. The van der Waals surface area contributed by atoms with Crippen LogP contribution in [0.4, 0.5) is 0 Å². The third-order valence-corrected chi connectivity index (χ3v) is 1.85. The molecule has 0 saturated heterocycles. The van der Waals surface area contributed by atoms with Crippen molar-refractivity contribution in [3.63, 3.8) is 0 Å². The SMILES string of the molecule is CC(=O)NCCOCCOCCCC(=O)NN. The van der Waals surface area contributed by atoms with Crippen molar-refractivity contribution >= 4 is 11.8 Å². The van der Waals surface area contributed by atoms with Gasteiger partial charge in [-0.25, -0.2) is 5.84 Å². The molecule has 100 valence electrons. The maximum absolute atomic E-state index is 10.7. The molecule has 0 spiro atoms. The second kappa shape index (κ2) is 11.3. The van der Waals surface area contributed by atoms with Crippen molar-refractivity contribution < 1.29 is 19.1 Å². The van der Waals surface area contributed by atoms with E-state index in [4.69, 9.17) is 15.3 Å². The van der Waals surface area contributed by atoms with Crippen LogP contribution in [0.5, 0.6) is 0 Å². The number of amides is 2. The van der Waals surface area contributed by atoms with Gasteiger partial charge in [-0.05, 0) is 6.42 Å². The number of nitrogens with two attached hydrogens (primary N) is 1. The van der Waals surface area contributed by atoms with E-state index in [0.29, 0.717) is 45.8 Å². The van der Waals surface area contributed by atoms with Gasteiger partial charge in [-0.2, -0.15) is 0 Å². The number of carbonyl (C=O) groups excluding carboxylic acids is 2. The van der Waals surface area contributed by atoms with E-state index in [0.717, 1.165) is 0 Å². The molecule has 17 heavy (non-hydrogen) atoms. The van der Waals surface area contributed by atoms with Crippen LogP contribution in [0.25, 0.3) is 0 Å². The minimum Gasteiger partial charge on any atom is -0.379 e. The molecule has 0 rings (SSSR count). The Hall–Kier alpha value is -1.18. The van der Waals surface area contributed by atoms with E-state index in [1.165, 1.54) is 6.92 Å². The van der Waals surface area contributed by atoms with Crippen molar-refractivity contribution in [1.29, 1.82) is 0 Å². The van der Waals surface area contributed by atoms with Gasteiger partial charge in [-0.1, -0.05) is 0 Å². The van der Waals surface area contributed by atoms with Crippen molar-refractivity contribution in [3.05, 3.63) is 0 Å². The zero-order valence-corrected chi connectivity index (χ0v) is 10.2. The van der Waals surface area contributed by atoms with E-state index in [1.807, 2.05) is 5.43 Å². The molecule has 4 N–H and O–H groups in total. The summed E-state index contributed by atoms with van der Waals surface area (Å²) in [6.07, 6.45) is 0.995. The predicted octanol–water partition coefficient (Wildman–Crippen LogP) is -1.07. The molecule has 2 amide bonds. The lowest BCUT2D eigenvalue weighted by atomic mass is 10.3. The van der Waals surface area contributed by atoms with Crippen LogP contribution >= 0.6 is 0 Å².